The Bertz CT molecular complexity index is 1370. The van der Waals surface area contributed by atoms with Gasteiger partial charge in [0, 0.05) is 24.0 Å². The summed E-state index contributed by atoms with van der Waals surface area (Å²) in [6.45, 7) is 0.552. The van der Waals surface area contributed by atoms with E-state index in [4.69, 9.17) is 9.84 Å². The molecule has 8 nitrogen and oxygen atoms in total. The zero-order chi connectivity index (χ0) is 21.9. The van der Waals surface area contributed by atoms with Crippen LogP contribution in [-0.4, -0.2) is 37.4 Å². The van der Waals surface area contributed by atoms with Crippen molar-refractivity contribution in [3.8, 4) is 17.0 Å². The van der Waals surface area contributed by atoms with Crippen LogP contribution >= 0.6 is 0 Å². The molecule has 32 heavy (non-hydrogen) atoms. The third kappa shape index (κ3) is 3.81. The molecule has 0 fully saturated rings. The highest BCUT2D eigenvalue weighted by atomic mass is 16.5. The van der Waals surface area contributed by atoms with Gasteiger partial charge < -0.3 is 10.1 Å². The van der Waals surface area contributed by atoms with E-state index in [1.807, 2.05) is 54.6 Å². The molecule has 1 amide bonds. The summed E-state index contributed by atoms with van der Waals surface area (Å²) in [7, 11) is 1.62. The van der Waals surface area contributed by atoms with E-state index < -0.39 is 0 Å². The number of aromatic nitrogens is 5. The number of hydrogen-bond acceptors (Lipinski definition) is 5. The summed E-state index contributed by atoms with van der Waals surface area (Å²) < 4.78 is 8.62. The van der Waals surface area contributed by atoms with E-state index in [-0.39, 0.29) is 5.91 Å². The molecule has 0 radical (unpaired) electrons. The highest BCUT2D eigenvalue weighted by Gasteiger charge is 2.19. The minimum absolute atomic E-state index is 0.280. The van der Waals surface area contributed by atoms with Crippen molar-refractivity contribution >= 4 is 17.4 Å². The van der Waals surface area contributed by atoms with E-state index in [0.29, 0.717) is 29.3 Å². The zero-order valence-corrected chi connectivity index (χ0v) is 17.3. The fourth-order valence-electron chi connectivity index (χ4n) is 3.51. The molecule has 0 aliphatic rings. The Morgan fingerprint density at radius 1 is 1.00 bits per heavy atom. The number of amides is 1. The largest absolute Gasteiger partial charge is 0.497 e. The van der Waals surface area contributed by atoms with Gasteiger partial charge in [0.15, 0.2) is 5.65 Å². The molecule has 5 rings (SSSR count). The van der Waals surface area contributed by atoms with Crippen molar-refractivity contribution in [2.75, 3.05) is 12.4 Å². The van der Waals surface area contributed by atoms with Crippen LogP contribution in [0.2, 0.25) is 0 Å². The Morgan fingerprint density at radius 3 is 2.59 bits per heavy atom. The van der Waals surface area contributed by atoms with Crippen LogP contribution in [0.1, 0.15) is 15.9 Å². The lowest BCUT2D eigenvalue weighted by atomic mass is 10.1. The Hall–Kier alpha value is -4.46. The Kier molecular flexibility index (Phi) is 5.09. The van der Waals surface area contributed by atoms with Gasteiger partial charge in [-0.25, -0.2) is 4.98 Å². The monoisotopic (exact) mass is 424 g/mol. The number of anilines is 1. The fourth-order valence-corrected chi connectivity index (χ4v) is 3.51. The zero-order valence-electron chi connectivity index (χ0n) is 17.3. The second-order valence-corrected chi connectivity index (χ2v) is 7.19. The van der Waals surface area contributed by atoms with Gasteiger partial charge in [-0.2, -0.15) is 14.7 Å². The molecule has 3 heterocycles. The van der Waals surface area contributed by atoms with Crippen molar-refractivity contribution in [1.82, 2.24) is 24.4 Å². The summed E-state index contributed by atoms with van der Waals surface area (Å²) in [5, 5.41) is 11.9. The molecule has 0 aliphatic carbocycles. The SMILES string of the molecule is COc1ccc(-c2nn(Cc3ccccc3)cc2C(=O)Nc2ccnc3ccnn23)cc1. The number of carbonyl (C=O) groups excluding carboxylic acids is 1. The van der Waals surface area contributed by atoms with Crippen molar-refractivity contribution in [1.29, 1.82) is 0 Å². The minimum Gasteiger partial charge on any atom is -0.497 e. The van der Waals surface area contributed by atoms with Gasteiger partial charge in [-0.3, -0.25) is 9.48 Å². The molecule has 0 bridgehead atoms. The van der Waals surface area contributed by atoms with E-state index in [1.54, 1.807) is 47.0 Å². The summed E-state index contributed by atoms with van der Waals surface area (Å²) in [5.41, 5.74) is 3.62. The quantitative estimate of drug-likeness (QED) is 0.447. The van der Waals surface area contributed by atoms with E-state index in [1.165, 1.54) is 0 Å². The number of rotatable bonds is 6. The maximum atomic E-state index is 13.3. The van der Waals surface area contributed by atoms with Gasteiger partial charge in [-0.1, -0.05) is 30.3 Å². The molecule has 0 spiro atoms. The third-order valence-electron chi connectivity index (χ3n) is 5.09. The van der Waals surface area contributed by atoms with Crippen molar-refractivity contribution in [3.63, 3.8) is 0 Å². The number of hydrogen-bond donors (Lipinski definition) is 1. The maximum Gasteiger partial charge on any atom is 0.260 e. The average molecular weight is 424 g/mol. The molecule has 2 aromatic carbocycles. The first-order valence-electron chi connectivity index (χ1n) is 10.1. The van der Waals surface area contributed by atoms with Crippen LogP contribution in [0, 0.1) is 0 Å². The number of fused-ring (bicyclic) bond motifs is 1. The second-order valence-electron chi connectivity index (χ2n) is 7.19. The third-order valence-corrected chi connectivity index (χ3v) is 5.09. The molecular formula is C24H20N6O2. The summed E-state index contributed by atoms with van der Waals surface area (Å²) in [5.74, 6) is 0.987. The minimum atomic E-state index is -0.280. The predicted octanol–water partition coefficient (Wildman–Crippen LogP) is 3.90. The fraction of sp³-hybridized carbons (Fsp3) is 0.0833. The first kappa shape index (κ1) is 19.5. The van der Waals surface area contributed by atoms with Crippen LogP contribution in [0.25, 0.3) is 16.9 Å². The van der Waals surface area contributed by atoms with Crippen molar-refractivity contribution in [3.05, 3.63) is 96.4 Å². The van der Waals surface area contributed by atoms with Crippen molar-refractivity contribution < 1.29 is 9.53 Å². The summed E-state index contributed by atoms with van der Waals surface area (Å²) in [6, 6.07) is 21.0. The Morgan fingerprint density at radius 2 is 1.81 bits per heavy atom. The standard InChI is InChI=1S/C24H20N6O2/c1-32-19-9-7-18(8-10-19)23-20(16-29(28-23)15-17-5-3-2-4-6-17)24(31)27-22-11-13-25-21-12-14-26-30(21)22/h2-14,16H,15H2,1H3,(H,27,31). The normalized spacial score (nSPS) is 10.9. The van der Waals surface area contributed by atoms with Crippen LogP contribution in [0.4, 0.5) is 5.82 Å². The van der Waals surface area contributed by atoms with Crippen LogP contribution < -0.4 is 10.1 Å². The Balaban J connectivity index is 1.52. The molecule has 8 heteroatoms. The molecule has 1 N–H and O–H groups in total. The van der Waals surface area contributed by atoms with Crippen LogP contribution in [0.3, 0.4) is 0 Å². The van der Waals surface area contributed by atoms with Gasteiger partial charge in [0.1, 0.15) is 17.3 Å². The predicted molar refractivity (Wildman–Crippen MR) is 121 cm³/mol. The molecule has 5 aromatic rings. The first-order chi connectivity index (χ1) is 15.7. The Labute approximate surface area is 184 Å². The topological polar surface area (TPSA) is 86.3 Å². The van der Waals surface area contributed by atoms with E-state index in [0.717, 1.165) is 16.9 Å². The molecule has 0 saturated heterocycles. The van der Waals surface area contributed by atoms with Crippen molar-refractivity contribution in [2.24, 2.45) is 0 Å². The van der Waals surface area contributed by atoms with Gasteiger partial charge >= 0.3 is 0 Å². The summed E-state index contributed by atoms with van der Waals surface area (Å²) >= 11 is 0. The highest BCUT2D eigenvalue weighted by Crippen LogP contribution is 2.26. The molecule has 3 aromatic heterocycles. The second kappa shape index (κ2) is 8.35. The number of nitrogens with zero attached hydrogens (tertiary/aromatic N) is 5. The molecule has 158 valence electrons. The van der Waals surface area contributed by atoms with E-state index in [2.05, 4.69) is 15.4 Å². The lowest BCUT2D eigenvalue weighted by molar-refractivity contribution is 0.102. The average Bonchev–Trinajstić information content (AvgIpc) is 3.48. The van der Waals surface area contributed by atoms with Gasteiger partial charge in [0.25, 0.3) is 5.91 Å². The molecule has 0 atom stereocenters. The number of carbonyl (C=O) groups is 1. The van der Waals surface area contributed by atoms with Crippen molar-refractivity contribution in [2.45, 2.75) is 6.54 Å². The number of methoxy groups -OCH3 is 1. The van der Waals surface area contributed by atoms with Crippen LogP contribution in [0.15, 0.2) is 85.3 Å². The molecular weight excluding hydrogens is 404 g/mol. The highest BCUT2D eigenvalue weighted by molar-refractivity contribution is 6.07. The lowest BCUT2D eigenvalue weighted by Crippen LogP contribution is -2.15. The summed E-state index contributed by atoms with van der Waals surface area (Å²) in [4.78, 5) is 17.5. The molecule has 0 saturated carbocycles. The lowest BCUT2D eigenvalue weighted by Gasteiger charge is -2.07. The maximum absolute atomic E-state index is 13.3. The van der Waals surface area contributed by atoms with E-state index in [9.17, 15) is 4.79 Å². The number of nitrogens with one attached hydrogen (secondary N) is 1. The van der Waals surface area contributed by atoms with Gasteiger partial charge in [-0.15, -0.1) is 0 Å². The molecule has 0 unspecified atom stereocenters. The molecule has 0 aliphatic heterocycles. The van der Waals surface area contributed by atoms with Gasteiger partial charge in [0.2, 0.25) is 0 Å². The van der Waals surface area contributed by atoms with Crippen LogP contribution in [0.5, 0.6) is 5.75 Å². The van der Waals surface area contributed by atoms with Gasteiger partial charge in [-0.05, 0) is 35.9 Å². The number of ether oxygens (including phenoxy) is 1. The number of benzene rings is 2. The van der Waals surface area contributed by atoms with Gasteiger partial charge in [0.05, 0.1) is 25.4 Å². The van der Waals surface area contributed by atoms with Crippen LogP contribution in [-0.2, 0) is 6.54 Å². The summed E-state index contributed by atoms with van der Waals surface area (Å²) in [6.07, 6.45) is 5.04. The first-order valence-corrected chi connectivity index (χ1v) is 10.1. The smallest absolute Gasteiger partial charge is 0.260 e. The van der Waals surface area contributed by atoms with E-state index >= 15 is 0 Å².